The van der Waals surface area contributed by atoms with Crippen LogP contribution in [0.1, 0.15) is 16.7 Å². The molecule has 0 aliphatic heterocycles. The van der Waals surface area contributed by atoms with Gasteiger partial charge >= 0.3 is 0 Å². The van der Waals surface area contributed by atoms with Gasteiger partial charge in [0, 0.05) is 0 Å². The quantitative estimate of drug-likeness (QED) is 0.668. The molecule has 3 nitrogen and oxygen atoms in total. The molecule has 0 aliphatic carbocycles. The topological polar surface area (TPSA) is 37.4 Å². The summed E-state index contributed by atoms with van der Waals surface area (Å²) in [6.07, 6.45) is 0. The van der Waals surface area contributed by atoms with Crippen LogP contribution in [-0.2, 0) is 16.6 Å². The average Bonchev–Trinajstić information content (AvgIpc) is 2.62. The summed E-state index contributed by atoms with van der Waals surface area (Å²) in [5.74, 6) is 0. The van der Waals surface area contributed by atoms with E-state index in [9.17, 15) is 8.42 Å². The maximum Gasteiger partial charge on any atom is 0.264 e. The Morgan fingerprint density at radius 2 is 1.24 bits per heavy atom. The second-order valence-electron chi connectivity index (χ2n) is 6.15. The van der Waals surface area contributed by atoms with Crippen LogP contribution in [0.2, 0.25) is 0 Å². The molecule has 4 heteroatoms. The average molecular weight is 351 g/mol. The molecular formula is C21H21NO2S. The summed E-state index contributed by atoms with van der Waals surface area (Å²) in [6.45, 7) is 4.25. The van der Waals surface area contributed by atoms with E-state index >= 15 is 0 Å². The van der Waals surface area contributed by atoms with Gasteiger partial charge in [-0.3, -0.25) is 4.31 Å². The van der Waals surface area contributed by atoms with Gasteiger partial charge in [-0.25, -0.2) is 8.42 Å². The molecule has 25 heavy (non-hydrogen) atoms. The number of anilines is 1. The van der Waals surface area contributed by atoms with Crippen molar-refractivity contribution in [3.8, 4) is 0 Å². The molecule has 0 amide bonds. The van der Waals surface area contributed by atoms with Gasteiger partial charge in [-0.2, -0.15) is 0 Å². The second kappa shape index (κ2) is 7.11. The first kappa shape index (κ1) is 17.2. The van der Waals surface area contributed by atoms with Crippen LogP contribution < -0.4 is 4.31 Å². The van der Waals surface area contributed by atoms with Gasteiger partial charge in [-0.15, -0.1) is 0 Å². The molecule has 0 bridgehead atoms. The van der Waals surface area contributed by atoms with Crippen LogP contribution in [0.15, 0.2) is 83.8 Å². The van der Waals surface area contributed by atoms with E-state index < -0.39 is 10.0 Å². The van der Waals surface area contributed by atoms with Gasteiger partial charge in [-0.1, -0.05) is 65.7 Å². The van der Waals surface area contributed by atoms with E-state index in [0.29, 0.717) is 17.1 Å². The zero-order chi connectivity index (χ0) is 17.9. The van der Waals surface area contributed by atoms with E-state index in [1.54, 1.807) is 12.1 Å². The lowest BCUT2D eigenvalue weighted by molar-refractivity contribution is 0.590. The molecule has 0 aromatic heterocycles. The summed E-state index contributed by atoms with van der Waals surface area (Å²) < 4.78 is 27.9. The third kappa shape index (κ3) is 3.91. The molecule has 0 aliphatic rings. The number of nitrogens with zero attached hydrogens (tertiary/aromatic N) is 1. The van der Waals surface area contributed by atoms with Gasteiger partial charge in [0.2, 0.25) is 0 Å². The summed E-state index contributed by atoms with van der Waals surface area (Å²) in [5.41, 5.74) is 3.79. The molecule has 128 valence electrons. The van der Waals surface area contributed by atoms with Crippen LogP contribution in [-0.4, -0.2) is 8.42 Å². The maximum atomic E-state index is 13.2. The largest absolute Gasteiger partial charge is 0.264 e. The summed E-state index contributed by atoms with van der Waals surface area (Å²) >= 11 is 0. The van der Waals surface area contributed by atoms with Gasteiger partial charge in [0.1, 0.15) is 0 Å². The molecule has 0 saturated carbocycles. The molecular weight excluding hydrogens is 330 g/mol. The lowest BCUT2D eigenvalue weighted by Gasteiger charge is -2.25. The zero-order valence-electron chi connectivity index (χ0n) is 14.4. The first-order valence-corrected chi connectivity index (χ1v) is 9.61. The van der Waals surface area contributed by atoms with E-state index in [2.05, 4.69) is 0 Å². The third-order valence-corrected chi connectivity index (χ3v) is 5.89. The predicted octanol–water partition coefficient (Wildman–Crippen LogP) is 4.70. The third-order valence-electron chi connectivity index (χ3n) is 4.10. The van der Waals surface area contributed by atoms with E-state index in [0.717, 1.165) is 16.7 Å². The Hall–Kier alpha value is -2.59. The molecule has 0 unspecified atom stereocenters. The van der Waals surface area contributed by atoms with Crippen molar-refractivity contribution in [1.82, 2.24) is 0 Å². The lowest BCUT2D eigenvalue weighted by atomic mass is 10.1. The number of aryl methyl sites for hydroxylation is 2. The number of para-hydroxylation sites is 1. The number of sulfonamides is 1. The second-order valence-corrected chi connectivity index (χ2v) is 8.01. The standard InChI is InChI=1S/C21H21NO2S/c1-17-8-12-19(13-9-17)16-22(20-6-4-3-5-7-20)25(23,24)21-14-10-18(2)11-15-21/h3-15H,16H2,1-2H3. The molecule has 0 saturated heterocycles. The molecule has 3 aromatic carbocycles. The minimum Gasteiger partial charge on any atom is -0.262 e. The molecule has 0 fully saturated rings. The van der Waals surface area contributed by atoms with Gasteiger partial charge in [0.15, 0.2) is 0 Å². The zero-order valence-corrected chi connectivity index (χ0v) is 15.2. The minimum absolute atomic E-state index is 0.292. The molecule has 0 N–H and O–H groups in total. The fraction of sp³-hybridized carbons (Fsp3) is 0.143. The van der Waals surface area contributed by atoms with Crippen molar-refractivity contribution >= 4 is 15.7 Å². The fourth-order valence-electron chi connectivity index (χ4n) is 2.61. The summed E-state index contributed by atoms with van der Waals surface area (Å²) in [4.78, 5) is 0.300. The van der Waals surface area contributed by atoms with Crippen molar-refractivity contribution in [3.05, 3.63) is 95.6 Å². The van der Waals surface area contributed by atoms with Crippen LogP contribution in [0, 0.1) is 13.8 Å². The maximum absolute atomic E-state index is 13.2. The molecule has 0 heterocycles. The Bertz CT molecular complexity index is 931. The van der Waals surface area contributed by atoms with Crippen molar-refractivity contribution in [2.75, 3.05) is 4.31 Å². The lowest BCUT2D eigenvalue weighted by Crippen LogP contribution is -2.30. The summed E-state index contributed by atoms with van der Waals surface area (Å²) in [5, 5.41) is 0. The van der Waals surface area contributed by atoms with E-state index in [4.69, 9.17) is 0 Å². The smallest absolute Gasteiger partial charge is 0.262 e. The van der Waals surface area contributed by atoms with Crippen LogP contribution in [0.3, 0.4) is 0 Å². The van der Waals surface area contributed by atoms with Crippen LogP contribution in [0.25, 0.3) is 0 Å². The Balaban J connectivity index is 2.04. The number of benzene rings is 3. The summed E-state index contributed by atoms with van der Waals surface area (Å²) in [6, 6.07) is 24.1. The molecule has 0 radical (unpaired) electrons. The molecule has 3 aromatic rings. The Morgan fingerprint density at radius 1 is 0.720 bits per heavy atom. The Labute approximate surface area is 149 Å². The van der Waals surface area contributed by atoms with Crippen molar-refractivity contribution in [2.24, 2.45) is 0 Å². The first-order chi connectivity index (χ1) is 12.0. The van der Waals surface area contributed by atoms with E-state index in [1.807, 2.05) is 80.6 Å². The highest BCUT2D eigenvalue weighted by atomic mass is 32.2. The first-order valence-electron chi connectivity index (χ1n) is 8.17. The molecule has 3 rings (SSSR count). The highest BCUT2D eigenvalue weighted by Gasteiger charge is 2.25. The molecule has 0 atom stereocenters. The highest BCUT2D eigenvalue weighted by Crippen LogP contribution is 2.26. The van der Waals surface area contributed by atoms with Gasteiger partial charge in [0.25, 0.3) is 10.0 Å². The summed E-state index contributed by atoms with van der Waals surface area (Å²) in [7, 11) is -3.65. The Kier molecular flexibility index (Phi) is 4.91. The van der Waals surface area contributed by atoms with Gasteiger partial charge in [0.05, 0.1) is 17.1 Å². The van der Waals surface area contributed by atoms with Crippen molar-refractivity contribution in [1.29, 1.82) is 0 Å². The predicted molar refractivity (Wildman–Crippen MR) is 102 cm³/mol. The van der Waals surface area contributed by atoms with Crippen molar-refractivity contribution in [2.45, 2.75) is 25.3 Å². The monoisotopic (exact) mass is 351 g/mol. The van der Waals surface area contributed by atoms with E-state index in [-0.39, 0.29) is 0 Å². The molecule has 0 spiro atoms. The number of hydrogen-bond acceptors (Lipinski definition) is 2. The number of hydrogen-bond donors (Lipinski definition) is 0. The van der Waals surface area contributed by atoms with Crippen LogP contribution >= 0.6 is 0 Å². The fourth-order valence-corrected chi connectivity index (χ4v) is 4.06. The Morgan fingerprint density at radius 3 is 1.80 bits per heavy atom. The highest BCUT2D eigenvalue weighted by molar-refractivity contribution is 7.92. The SMILES string of the molecule is Cc1ccc(CN(c2ccccc2)S(=O)(=O)c2ccc(C)cc2)cc1. The van der Waals surface area contributed by atoms with Gasteiger partial charge < -0.3 is 0 Å². The van der Waals surface area contributed by atoms with Gasteiger partial charge in [-0.05, 0) is 43.7 Å². The normalized spacial score (nSPS) is 11.3. The van der Waals surface area contributed by atoms with Crippen molar-refractivity contribution < 1.29 is 8.42 Å². The van der Waals surface area contributed by atoms with Crippen molar-refractivity contribution in [3.63, 3.8) is 0 Å². The minimum atomic E-state index is -3.65. The van der Waals surface area contributed by atoms with Crippen LogP contribution in [0.5, 0.6) is 0 Å². The van der Waals surface area contributed by atoms with E-state index in [1.165, 1.54) is 4.31 Å². The number of rotatable bonds is 5. The van der Waals surface area contributed by atoms with Crippen LogP contribution in [0.4, 0.5) is 5.69 Å².